The van der Waals surface area contributed by atoms with Crippen LogP contribution in [0.5, 0.6) is 0 Å². The molecule has 0 unspecified atom stereocenters. The number of halogens is 3. The summed E-state index contributed by atoms with van der Waals surface area (Å²) in [5.41, 5.74) is 3.39. The molecule has 2 rings (SSSR count). The standard InChI is InChI=1S/C22H23F3N2O2/c1-14-11-15(2)21(16(3)12-14)26-19(28)13-27(4)20(29)10-7-17-5-8-18(9-6-17)22(23,24)25/h5-12H,13H2,1-4H3,(H,26,28)/b10-7+. The summed E-state index contributed by atoms with van der Waals surface area (Å²) in [4.78, 5) is 25.7. The van der Waals surface area contributed by atoms with Crippen LogP contribution in [-0.4, -0.2) is 30.3 Å². The minimum atomic E-state index is -4.40. The summed E-state index contributed by atoms with van der Waals surface area (Å²) in [6.07, 6.45) is -1.77. The molecule has 154 valence electrons. The molecule has 0 spiro atoms. The van der Waals surface area contributed by atoms with Crippen molar-refractivity contribution in [2.45, 2.75) is 26.9 Å². The van der Waals surface area contributed by atoms with Crippen LogP contribution in [0.1, 0.15) is 27.8 Å². The molecule has 7 heteroatoms. The smallest absolute Gasteiger partial charge is 0.333 e. The van der Waals surface area contributed by atoms with E-state index < -0.39 is 17.6 Å². The van der Waals surface area contributed by atoms with Crippen LogP contribution in [0.2, 0.25) is 0 Å². The SMILES string of the molecule is Cc1cc(C)c(NC(=O)CN(C)C(=O)/C=C/c2ccc(C(F)(F)F)cc2)c(C)c1. The molecule has 29 heavy (non-hydrogen) atoms. The molecule has 2 aromatic rings. The van der Waals surface area contributed by atoms with E-state index in [0.717, 1.165) is 34.5 Å². The summed E-state index contributed by atoms with van der Waals surface area (Å²) in [5, 5.41) is 2.82. The number of likely N-dealkylation sites (N-methyl/N-ethyl adjacent to an activating group) is 1. The molecule has 0 aliphatic carbocycles. The third-order valence-corrected chi connectivity index (χ3v) is 4.35. The summed E-state index contributed by atoms with van der Waals surface area (Å²) in [6, 6.07) is 8.39. The van der Waals surface area contributed by atoms with Gasteiger partial charge in [-0.3, -0.25) is 9.59 Å². The second-order valence-electron chi connectivity index (χ2n) is 6.97. The normalized spacial score (nSPS) is 11.6. The molecule has 0 saturated carbocycles. The van der Waals surface area contributed by atoms with Gasteiger partial charge in [0.1, 0.15) is 0 Å². The van der Waals surface area contributed by atoms with Crippen LogP contribution in [0, 0.1) is 20.8 Å². The van der Waals surface area contributed by atoms with Crippen molar-refractivity contribution in [3.63, 3.8) is 0 Å². The average Bonchev–Trinajstić information content (AvgIpc) is 2.62. The first kappa shape index (κ1) is 22.2. The van der Waals surface area contributed by atoms with E-state index in [2.05, 4.69) is 5.32 Å². The number of anilines is 1. The lowest BCUT2D eigenvalue weighted by Crippen LogP contribution is -2.34. The largest absolute Gasteiger partial charge is 0.416 e. The fourth-order valence-electron chi connectivity index (χ4n) is 2.93. The van der Waals surface area contributed by atoms with Crippen LogP contribution >= 0.6 is 0 Å². The van der Waals surface area contributed by atoms with Gasteiger partial charge >= 0.3 is 6.18 Å². The number of carbonyl (C=O) groups is 2. The van der Waals surface area contributed by atoms with Gasteiger partial charge in [0.25, 0.3) is 0 Å². The second kappa shape index (κ2) is 8.94. The van der Waals surface area contributed by atoms with Gasteiger partial charge in [0.15, 0.2) is 0 Å². The van der Waals surface area contributed by atoms with Crippen LogP contribution < -0.4 is 5.32 Å². The molecule has 0 atom stereocenters. The number of rotatable bonds is 5. The van der Waals surface area contributed by atoms with Crippen molar-refractivity contribution in [1.82, 2.24) is 4.90 Å². The van der Waals surface area contributed by atoms with Gasteiger partial charge in [-0.2, -0.15) is 13.2 Å². The fraction of sp³-hybridized carbons (Fsp3) is 0.273. The lowest BCUT2D eigenvalue weighted by atomic mass is 10.1. The Morgan fingerprint density at radius 1 is 1.03 bits per heavy atom. The first-order chi connectivity index (χ1) is 13.5. The summed E-state index contributed by atoms with van der Waals surface area (Å²) < 4.78 is 37.7. The summed E-state index contributed by atoms with van der Waals surface area (Å²) in [7, 11) is 1.48. The minimum Gasteiger partial charge on any atom is -0.333 e. The first-order valence-corrected chi connectivity index (χ1v) is 8.95. The molecule has 0 radical (unpaired) electrons. The van der Waals surface area contributed by atoms with E-state index in [0.29, 0.717) is 5.56 Å². The number of benzene rings is 2. The predicted molar refractivity (Wildman–Crippen MR) is 107 cm³/mol. The second-order valence-corrected chi connectivity index (χ2v) is 6.97. The molecule has 0 saturated heterocycles. The molecule has 4 nitrogen and oxygen atoms in total. The molecule has 0 bridgehead atoms. The highest BCUT2D eigenvalue weighted by molar-refractivity contribution is 5.98. The van der Waals surface area contributed by atoms with Gasteiger partial charge in [0.2, 0.25) is 11.8 Å². The van der Waals surface area contributed by atoms with Crippen LogP contribution in [0.3, 0.4) is 0 Å². The lowest BCUT2D eigenvalue weighted by Gasteiger charge is -2.17. The van der Waals surface area contributed by atoms with Gasteiger partial charge in [0.05, 0.1) is 12.1 Å². The number of hydrogen-bond acceptors (Lipinski definition) is 2. The molecular formula is C22H23F3N2O2. The Labute approximate surface area is 168 Å². The lowest BCUT2D eigenvalue weighted by molar-refractivity contribution is -0.137. The van der Waals surface area contributed by atoms with E-state index in [4.69, 9.17) is 0 Å². The maximum atomic E-state index is 12.6. The van der Waals surface area contributed by atoms with Crippen molar-refractivity contribution >= 4 is 23.6 Å². The zero-order valence-electron chi connectivity index (χ0n) is 16.7. The van der Waals surface area contributed by atoms with Crippen LogP contribution in [0.15, 0.2) is 42.5 Å². The van der Waals surface area contributed by atoms with Gasteiger partial charge in [-0.1, -0.05) is 29.8 Å². The number of nitrogens with one attached hydrogen (secondary N) is 1. The average molecular weight is 404 g/mol. The Hall–Kier alpha value is -3.09. The molecule has 1 N–H and O–H groups in total. The van der Waals surface area contributed by atoms with Gasteiger partial charge in [0, 0.05) is 18.8 Å². The number of amides is 2. The van der Waals surface area contributed by atoms with Gasteiger partial charge in [-0.05, 0) is 55.7 Å². The Morgan fingerprint density at radius 3 is 2.10 bits per heavy atom. The summed E-state index contributed by atoms with van der Waals surface area (Å²) >= 11 is 0. The monoisotopic (exact) mass is 404 g/mol. The maximum absolute atomic E-state index is 12.6. The predicted octanol–water partition coefficient (Wildman–Crippen LogP) is 4.74. The van der Waals surface area contributed by atoms with Crippen LogP contribution in [0.4, 0.5) is 18.9 Å². The number of hydrogen-bond donors (Lipinski definition) is 1. The summed E-state index contributed by atoms with van der Waals surface area (Å²) in [5.74, 6) is -0.767. The molecule has 0 heterocycles. The van der Waals surface area contributed by atoms with Crippen molar-refractivity contribution < 1.29 is 22.8 Å². The quantitative estimate of drug-likeness (QED) is 0.732. The Balaban J connectivity index is 1.96. The number of aryl methyl sites for hydroxylation is 3. The van der Waals surface area contributed by atoms with E-state index in [-0.39, 0.29) is 12.5 Å². The number of nitrogens with zero attached hydrogens (tertiary/aromatic N) is 1. The minimum absolute atomic E-state index is 0.150. The highest BCUT2D eigenvalue weighted by Gasteiger charge is 2.29. The fourth-order valence-corrected chi connectivity index (χ4v) is 2.93. The van der Waals surface area contributed by atoms with E-state index >= 15 is 0 Å². The van der Waals surface area contributed by atoms with Gasteiger partial charge in [-0.15, -0.1) is 0 Å². The van der Waals surface area contributed by atoms with Crippen molar-refractivity contribution in [2.75, 3.05) is 18.9 Å². The highest BCUT2D eigenvalue weighted by Crippen LogP contribution is 2.29. The third-order valence-electron chi connectivity index (χ3n) is 4.35. The summed E-state index contributed by atoms with van der Waals surface area (Å²) in [6.45, 7) is 5.62. The molecule has 2 amide bonds. The van der Waals surface area contributed by atoms with Crippen molar-refractivity contribution in [1.29, 1.82) is 0 Å². The highest BCUT2D eigenvalue weighted by atomic mass is 19.4. The van der Waals surface area contributed by atoms with E-state index in [1.807, 2.05) is 32.9 Å². The van der Waals surface area contributed by atoms with Crippen LogP contribution in [-0.2, 0) is 15.8 Å². The van der Waals surface area contributed by atoms with Crippen molar-refractivity contribution in [3.8, 4) is 0 Å². The Kier molecular flexibility index (Phi) is 6.84. The topological polar surface area (TPSA) is 49.4 Å². The van der Waals surface area contributed by atoms with Gasteiger partial charge in [-0.25, -0.2) is 0 Å². The molecule has 0 fully saturated rings. The van der Waals surface area contributed by atoms with Crippen molar-refractivity contribution in [3.05, 3.63) is 70.3 Å². The Bertz CT molecular complexity index is 909. The van der Waals surface area contributed by atoms with E-state index in [1.54, 1.807) is 0 Å². The molecule has 0 aliphatic rings. The number of carbonyl (C=O) groups excluding carboxylic acids is 2. The zero-order chi connectivity index (χ0) is 21.8. The molecule has 0 aliphatic heterocycles. The number of alkyl halides is 3. The van der Waals surface area contributed by atoms with E-state index in [9.17, 15) is 22.8 Å². The van der Waals surface area contributed by atoms with Crippen LogP contribution in [0.25, 0.3) is 6.08 Å². The maximum Gasteiger partial charge on any atom is 0.416 e. The van der Waals surface area contributed by atoms with Gasteiger partial charge < -0.3 is 10.2 Å². The molecular weight excluding hydrogens is 381 g/mol. The van der Waals surface area contributed by atoms with Crippen molar-refractivity contribution in [2.24, 2.45) is 0 Å². The first-order valence-electron chi connectivity index (χ1n) is 8.95. The van der Waals surface area contributed by atoms with E-state index in [1.165, 1.54) is 36.2 Å². The third kappa shape index (κ3) is 6.20. The molecule has 0 aromatic heterocycles. The molecule has 2 aromatic carbocycles. The Morgan fingerprint density at radius 2 is 1.59 bits per heavy atom. The zero-order valence-corrected chi connectivity index (χ0v) is 16.7.